The van der Waals surface area contributed by atoms with Crippen molar-refractivity contribution in [3.05, 3.63) is 29.8 Å². The zero-order valence-electron chi connectivity index (χ0n) is 12.8. The number of benzene rings is 1. The molecule has 4 nitrogen and oxygen atoms in total. The Morgan fingerprint density at radius 3 is 2.71 bits per heavy atom. The third-order valence-corrected chi connectivity index (χ3v) is 5.30. The second-order valence-electron chi connectivity index (χ2n) is 5.53. The van der Waals surface area contributed by atoms with Crippen LogP contribution < -0.4 is 16.4 Å². The van der Waals surface area contributed by atoms with E-state index in [1.807, 2.05) is 24.3 Å². The minimum Gasteiger partial charge on any atom is -0.351 e. The number of thioether (sulfide) groups is 1. The van der Waals surface area contributed by atoms with E-state index in [0.29, 0.717) is 12.1 Å². The molecule has 1 saturated carbocycles. The van der Waals surface area contributed by atoms with Crippen LogP contribution in [0.1, 0.15) is 44.7 Å². The topological polar surface area (TPSA) is 67.2 Å². The zero-order valence-corrected chi connectivity index (χ0v) is 13.6. The van der Waals surface area contributed by atoms with Crippen LogP contribution in [0.5, 0.6) is 0 Å². The summed E-state index contributed by atoms with van der Waals surface area (Å²) in [7, 11) is 0. The molecule has 3 unspecified atom stereocenters. The van der Waals surface area contributed by atoms with Gasteiger partial charge in [-0.05, 0) is 43.2 Å². The number of primary amides is 1. The Labute approximate surface area is 131 Å². The second kappa shape index (κ2) is 7.71. The number of nitrogens with two attached hydrogens (primary N) is 1. The van der Waals surface area contributed by atoms with Crippen LogP contribution in [0.2, 0.25) is 0 Å². The maximum absolute atomic E-state index is 10.8. The van der Waals surface area contributed by atoms with Crippen LogP contribution >= 0.6 is 11.8 Å². The Kier molecular flexibility index (Phi) is 5.94. The highest BCUT2D eigenvalue weighted by Crippen LogP contribution is 2.31. The molecule has 1 aromatic carbocycles. The molecule has 0 bridgehead atoms. The van der Waals surface area contributed by atoms with Crippen molar-refractivity contribution in [2.45, 2.75) is 50.4 Å². The Morgan fingerprint density at radius 2 is 2.10 bits per heavy atom. The Bertz CT molecular complexity index is 463. The number of carbonyl (C=O) groups excluding carboxylic acids is 1. The van der Waals surface area contributed by atoms with E-state index in [9.17, 15) is 4.79 Å². The van der Waals surface area contributed by atoms with Crippen LogP contribution in [0.3, 0.4) is 0 Å². The first-order valence-electron chi connectivity index (χ1n) is 7.64. The van der Waals surface area contributed by atoms with Crippen molar-refractivity contribution in [2.75, 3.05) is 11.1 Å². The molecule has 0 aromatic heterocycles. The fourth-order valence-corrected chi connectivity index (χ4v) is 4.15. The summed E-state index contributed by atoms with van der Waals surface area (Å²) in [6, 6.07) is 8.26. The first-order valence-corrected chi connectivity index (χ1v) is 8.69. The fraction of sp³-hybridized carbons (Fsp3) is 0.562. The van der Waals surface area contributed by atoms with Crippen LogP contribution in [-0.4, -0.2) is 23.1 Å². The van der Waals surface area contributed by atoms with Gasteiger partial charge in [-0.3, -0.25) is 0 Å². The van der Waals surface area contributed by atoms with Crippen molar-refractivity contribution >= 4 is 23.5 Å². The van der Waals surface area contributed by atoms with Gasteiger partial charge in [0.2, 0.25) is 0 Å². The van der Waals surface area contributed by atoms with Gasteiger partial charge in [-0.15, -0.1) is 0 Å². The monoisotopic (exact) mass is 307 g/mol. The summed E-state index contributed by atoms with van der Waals surface area (Å²) in [6.07, 6.45) is 3.91. The van der Waals surface area contributed by atoms with Crippen LogP contribution in [0.4, 0.5) is 10.5 Å². The van der Waals surface area contributed by atoms with Crippen LogP contribution in [0.25, 0.3) is 0 Å². The van der Waals surface area contributed by atoms with Crippen molar-refractivity contribution in [3.63, 3.8) is 0 Å². The average Bonchev–Trinajstić information content (AvgIpc) is 2.86. The third kappa shape index (κ3) is 4.64. The molecule has 5 heteroatoms. The molecule has 1 aliphatic rings. The van der Waals surface area contributed by atoms with Gasteiger partial charge < -0.3 is 16.4 Å². The van der Waals surface area contributed by atoms with Gasteiger partial charge in [0.15, 0.2) is 0 Å². The maximum atomic E-state index is 10.8. The Hall–Kier alpha value is -1.20. The van der Waals surface area contributed by atoms with Gasteiger partial charge in [0.25, 0.3) is 0 Å². The molecule has 0 heterocycles. The summed E-state index contributed by atoms with van der Waals surface area (Å²) < 4.78 is 0. The SMILES string of the molecule is CCSC1CCCC1NC(C)c1ccc(NC(N)=O)cc1. The quantitative estimate of drug-likeness (QED) is 0.753. The highest BCUT2D eigenvalue weighted by molar-refractivity contribution is 7.99. The number of hydrogen-bond acceptors (Lipinski definition) is 3. The van der Waals surface area contributed by atoms with E-state index in [2.05, 4.69) is 36.2 Å². The number of nitrogens with one attached hydrogen (secondary N) is 2. The van der Waals surface area contributed by atoms with Crippen molar-refractivity contribution in [1.82, 2.24) is 5.32 Å². The maximum Gasteiger partial charge on any atom is 0.316 e. The molecule has 0 radical (unpaired) electrons. The van der Waals surface area contributed by atoms with Crippen molar-refractivity contribution in [3.8, 4) is 0 Å². The normalized spacial score (nSPS) is 23.0. The molecule has 116 valence electrons. The predicted octanol–water partition coefficient (Wildman–Crippen LogP) is 3.50. The number of hydrogen-bond donors (Lipinski definition) is 3. The molecule has 2 rings (SSSR count). The Morgan fingerprint density at radius 1 is 1.38 bits per heavy atom. The molecule has 4 N–H and O–H groups in total. The van der Waals surface area contributed by atoms with Gasteiger partial charge in [0.1, 0.15) is 0 Å². The van der Waals surface area contributed by atoms with E-state index >= 15 is 0 Å². The smallest absolute Gasteiger partial charge is 0.316 e. The molecular formula is C16H25N3OS. The van der Waals surface area contributed by atoms with E-state index < -0.39 is 6.03 Å². The molecule has 21 heavy (non-hydrogen) atoms. The van der Waals surface area contributed by atoms with E-state index in [0.717, 1.165) is 10.9 Å². The molecule has 0 saturated heterocycles. The molecule has 1 aliphatic carbocycles. The van der Waals surface area contributed by atoms with Gasteiger partial charge in [-0.1, -0.05) is 25.5 Å². The molecular weight excluding hydrogens is 282 g/mol. The van der Waals surface area contributed by atoms with Crippen molar-refractivity contribution < 1.29 is 4.79 Å². The number of anilines is 1. The second-order valence-corrected chi connectivity index (χ2v) is 7.05. The molecule has 0 aliphatic heterocycles. The predicted molar refractivity (Wildman–Crippen MR) is 90.8 cm³/mol. The number of carbonyl (C=O) groups is 1. The lowest BCUT2D eigenvalue weighted by atomic mass is 10.1. The molecule has 3 atom stereocenters. The van der Waals surface area contributed by atoms with Crippen molar-refractivity contribution in [2.24, 2.45) is 5.73 Å². The minimum absolute atomic E-state index is 0.315. The zero-order chi connectivity index (χ0) is 15.2. The molecule has 1 fully saturated rings. The molecule has 0 spiro atoms. The van der Waals surface area contributed by atoms with Gasteiger partial charge in [-0.2, -0.15) is 11.8 Å². The lowest BCUT2D eigenvalue weighted by Crippen LogP contribution is -2.36. The first kappa shape index (κ1) is 16.2. The summed E-state index contributed by atoms with van der Waals surface area (Å²) in [5.74, 6) is 1.19. The summed E-state index contributed by atoms with van der Waals surface area (Å²) in [6.45, 7) is 4.43. The first-order chi connectivity index (χ1) is 10.1. The number of rotatable bonds is 6. The van der Waals surface area contributed by atoms with E-state index in [1.54, 1.807) is 0 Å². The molecule has 1 aromatic rings. The van der Waals surface area contributed by atoms with Crippen LogP contribution in [0.15, 0.2) is 24.3 Å². The highest BCUT2D eigenvalue weighted by Gasteiger charge is 2.28. The van der Waals surface area contributed by atoms with Gasteiger partial charge in [0.05, 0.1) is 0 Å². The van der Waals surface area contributed by atoms with E-state index in [1.165, 1.54) is 30.6 Å². The summed E-state index contributed by atoms with van der Waals surface area (Å²) in [5.41, 5.74) is 7.08. The third-order valence-electron chi connectivity index (χ3n) is 3.98. The average molecular weight is 307 g/mol. The number of urea groups is 1. The fourth-order valence-electron chi connectivity index (χ4n) is 2.94. The largest absolute Gasteiger partial charge is 0.351 e. The van der Waals surface area contributed by atoms with Gasteiger partial charge >= 0.3 is 6.03 Å². The molecule has 2 amide bonds. The minimum atomic E-state index is -0.528. The Balaban J connectivity index is 1.93. The lowest BCUT2D eigenvalue weighted by molar-refractivity contribution is 0.259. The summed E-state index contributed by atoms with van der Waals surface area (Å²) >= 11 is 2.07. The highest BCUT2D eigenvalue weighted by atomic mass is 32.2. The standard InChI is InChI=1S/C16H25N3OS/c1-3-21-15-6-4-5-14(15)18-11(2)12-7-9-13(10-8-12)19-16(17)20/h7-11,14-15,18H,3-6H2,1-2H3,(H3,17,19,20). The summed E-state index contributed by atoms with van der Waals surface area (Å²) in [4.78, 5) is 10.8. The number of amides is 2. The van der Waals surface area contributed by atoms with Crippen LogP contribution in [0, 0.1) is 0 Å². The lowest BCUT2D eigenvalue weighted by Gasteiger charge is -2.25. The van der Waals surface area contributed by atoms with E-state index in [4.69, 9.17) is 5.73 Å². The van der Waals surface area contributed by atoms with Gasteiger partial charge in [0, 0.05) is 23.0 Å². The van der Waals surface area contributed by atoms with Crippen molar-refractivity contribution in [1.29, 1.82) is 0 Å². The van der Waals surface area contributed by atoms with Crippen LogP contribution in [-0.2, 0) is 0 Å². The van der Waals surface area contributed by atoms with E-state index in [-0.39, 0.29) is 0 Å². The van der Waals surface area contributed by atoms with Gasteiger partial charge in [-0.25, -0.2) is 4.79 Å². The summed E-state index contributed by atoms with van der Waals surface area (Å²) in [5, 5.41) is 7.08.